The highest BCUT2D eigenvalue weighted by Crippen LogP contribution is 2.30. The van der Waals surface area contributed by atoms with Gasteiger partial charge in [0.25, 0.3) is 5.89 Å². The topological polar surface area (TPSA) is 82.5 Å². The van der Waals surface area contributed by atoms with Gasteiger partial charge in [0.15, 0.2) is 16.8 Å². The van der Waals surface area contributed by atoms with Crippen LogP contribution in [-0.4, -0.2) is 29.9 Å². The van der Waals surface area contributed by atoms with Gasteiger partial charge in [0, 0.05) is 23.3 Å². The summed E-state index contributed by atoms with van der Waals surface area (Å²) in [7, 11) is 0. The van der Waals surface area contributed by atoms with E-state index in [1.165, 1.54) is 11.8 Å². The van der Waals surface area contributed by atoms with Crippen molar-refractivity contribution in [2.75, 3.05) is 0 Å². The highest BCUT2D eigenvalue weighted by molar-refractivity contribution is 7.98. The van der Waals surface area contributed by atoms with Crippen LogP contribution < -0.4 is 0 Å². The van der Waals surface area contributed by atoms with E-state index in [0.29, 0.717) is 17.5 Å². The van der Waals surface area contributed by atoms with Crippen LogP contribution in [0.1, 0.15) is 11.4 Å². The van der Waals surface area contributed by atoms with Crippen LogP contribution in [0.2, 0.25) is 0 Å². The Bertz CT molecular complexity index is 1260. The summed E-state index contributed by atoms with van der Waals surface area (Å²) in [6.45, 7) is 2.07. The Morgan fingerprint density at radius 2 is 2.00 bits per heavy atom. The molecular formula is C21H16N6OS2. The summed E-state index contributed by atoms with van der Waals surface area (Å²) in [6, 6.07) is 14.0. The van der Waals surface area contributed by atoms with Crippen LogP contribution in [0, 0.1) is 6.92 Å². The number of thioether (sulfide) groups is 1. The molecule has 148 valence electrons. The Labute approximate surface area is 180 Å². The number of para-hydroxylation sites is 1. The molecule has 0 saturated heterocycles. The van der Waals surface area contributed by atoms with Crippen molar-refractivity contribution in [1.82, 2.24) is 29.9 Å². The maximum atomic E-state index is 5.39. The van der Waals surface area contributed by atoms with E-state index in [1.807, 2.05) is 41.1 Å². The van der Waals surface area contributed by atoms with Gasteiger partial charge in [0.1, 0.15) is 0 Å². The fourth-order valence-corrected chi connectivity index (χ4v) is 4.44. The largest absolute Gasteiger partial charge is 0.334 e. The third-order valence-electron chi connectivity index (χ3n) is 4.48. The molecule has 0 bridgehead atoms. The van der Waals surface area contributed by atoms with Crippen molar-refractivity contribution in [3.8, 4) is 28.5 Å². The number of hydrogen-bond acceptors (Lipinski definition) is 8. The molecule has 5 rings (SSSR count). The van der Waals surface area contributed by atoms with E-state index < -0.39 is 0 Å². The van der Waals surface area contributed by atoms with Crippen molar-refractivity contribution in [2.24, 2.45) is 0 Å². The minimum absolute atomic E-state index is 0.519. The summed E-state index contributed by atoms with van der Waals surface area (Å²) in [6.07, 6.45) is 3.54. The minimum Gasteiger partial charge on any atom is -0.334 e. The monoisotopic (exact) mass is 432 g/mol. The lowest BCUT2D eigenvalue weighted by Crippen LogP contribution is -2.02. The van der Waals surface area contributed by atoms with Gasteiger partial charge in [-0.2, -0.15) is 16.3 Å². The van der Waals surface area contributed by atoms with Crippen molar-refractivity contribution < 1.29 is 4.52 Å². The highest BCUT2D eigenvalue weighted by atomic mass is 32.2. The first kappa shape index (κ1) is 18.7. The summed E-state index contributed by atoms with van der Waals surface area (Å²) >= 11 is 3.11. The first-order valence-electron chi connectivity index (χ1n) is 9.19. The van der Waals surface area contributed by atoms with Gasteiger partial charge in [-0.05, 0) is 42.1 Å². The van der Waals surface area contributed by atoms with Gasteiger partial charge < -0.3 is 4.52 Å². The molecule has 4 heterocycles. The van der Waals surface area contributed by atoms with Gasteiger partial charge >= 0.3 is 0 Å². The fraction of sp³-hybridized carbons (Fsp3) is 0.0952. The predicted molar refractivity (Wildman–Crippen MR) is 116 cm³/mol. The van der Waals surface area contributed by atoms with Gasteiger partial charge in [-0.1, -0.05) is 35.1 Å². The molecular weight excluding hydrogens is 416 g/mol. The molecule has 0 aliphatic rings. The van der Waals surface area contributed by atoms with Gasteiger partial charge in [-0.15, -0.1) is 10.2 Å². The van der Waals surface area contributed by atoms with Crippen molar-refractivity contribution in [3.05, 3.63) is 77.0 Å². The van der Waals surface area contributed by atoms with Crippen molar-refractivity contribution in [3.63, 3.8) is 0 Å². The molecule has 9 heteroatoms. The van der Waals surface area contributed by atoms with E-state index in [4.69, 9.17) is 4.52 Å². The minimum atomic E-state index is 0.519. The van der Waals surface area contributed by atoms with Crippen molar-refractivity contribution in [1.29, 1.82) is 0 Å². The lowest BCUT2D eigenvalue weighted by atomic mass is 10.2. The van der Waals surface area contributed by atoms with E-state index >= 15 is 0 Å². The molecule has 0 fully saturated rings. The zero-order valence-corrected chi connectivity index (χ0v) is 17.6. The molecule has 1 aromatic carbocycles. The Balaban J connectivity index is 1.48. The van der Waals surface area contributed by atoms with Gasteiger partial charge in [0.2, 0.25) is 0 Å². The number of nitrogens with zero attached hydrogens (tertiary/aromatic N) is 6. The van der Waals surface area contributed by atoms with E-state index in [1.54, 1.807) is 23.7 Å². The summed E-state index contributed by atoms with van der Waals surface area (Å²) in [5.74, 6) is 2.41. The van der Waals surface area contributed by atoms with Crippen molar-refractivity contribution in [2.45, 2.75) is 17.8 Å². The van der Waals surface area contributed by atoms with Crippen LogP contribution in [0.25, 0.3) is 28.5 Å². The molecule has 0 unspecified atom stereocenters. The first-order chi connectivity index (χ1) is 14.8. The SMILES string of the molecule is Cc1ccccc1-n1c(SCc2noc(-c3ccsc3)n2)nnc1-c1cccnc1. The molecule has 0 spiro atoms. The normalized spacial score (nSPS) is 11.1. The number of benzene rings is 1. The molecule has 0 N–H and O–H groups in total. The molecule has 0 aliphatic carbocycles. The maximum absolute atomic E-state index is 5.39. The Morgan fingerprint density at radius 3 is 2.80 bits per heavy atom. The average Bonchev–Trinajstić information content (AvgIpc) is 3.53. The average molecular weight is 433 g/mol. The standard InChI is InChI=1S/C21H16N6OS2/c1-14-5-2-3-7-17(14)27-19(15-6-4-9-22-11-15)24-25-21(27)30-13-18-23-20(28-26-18)16-8-10-29-12-16/h2-12H,13H2,1H3. The second-order valence-electron chi connectivity index (χ2n) is 6.49. The van der Waals surface area contributed by atoms with E-state index in [9.17, 15) is 0 Å². The molecule has 0 aliphatic heterocycles. The van der Waals surface area contributed by atoms with Gasteiger partial charge in [-0.3, -0.25) is 9.55 Å². The Hall–Kier alpha value is -3.30. The molecule has 30 heavy (non-hydrogen) atoms. The molecule has 0 amide bonds. The van der Waals surface area contributed by atoms with Crippen LogP contribution in [-0.2, 0) is 5.75 Å². The smallest absolute Gasteiger partial charge is 0.258 e. The third kappa shape index (κ3) is 3.64. The lowest BCUT2D eigenvalue weighted by molar-refractivity contribution is 0.425. The van der Waals surface area contributed by atoms with Crippen LogP contribution in [0.3, 0.4) is 0 Å². The molecule has 0 atom stereocenters. The number of aromatic nitrogens is 6. The van der Waals surface area contributed by atoms with Crippen LogP contribution in [0.5, 0.6) is 0 Å². The lowest BCUT2D eigenvalue weighted by Gasteiger charge is -2.12. The third-order valence-corrected chi connectivity index (χ3v) is 6.08. The van der Waals surface area contributed by atoms with E-state index in [2.05, 4.69) is 48.9 Å². The second-order valence-corrected chi connectivity index (χ2v) is 8.21. The molecule has 4 aromatic heterocycles. The molecule has 0 radical (unpaired) electrons. The molecule has 5 aromatic rings. The van der Waals surface area contributed by atoms with Crippen molar-refractivity contribution >= 4 is 23.1 Å². The van der Waals surface area contributed by atoms with Gasteiger partial charge in [0.05, 0.1) is 17.0 Å². The van der Waals surface area contributed by atoms with Gasteiger partial charge in [-0.25, -0.2) is 0 Å². The zero-order valence-electron chi connectivity index (χ0n) is 16.0. The summed E-state index contributed by atoms with van der Waals surface area (Å²) in [5.41, 5.74) is 3.99. The number of hydrogen-bond donors (Lipinski definition) is 0. The number of thiophene rings is 1. The Kier molecular flexibility index (Phi) is 5.12. The highest BCUT2D eigenvalue weighted by Gasteiger charge is 2.19. The van der Waals surface area contributed by atoms with Crippen LogP contribution in [0.4, 0.5) is 0 Å². The molecule has 0 saturated carbocycles. The second kappa shape index (κ2) is 8.21. The zero-order chi connectivity index (χ0) is 20.3. The fourth-order valence-electron chi connectivity index (χ4n) is 3.02. The summed E-state index contributed by atoms with van der Waals surface area (Å²) in [5, 5.41) is 17.7. The predicted octanol–water partition coefficient (Wildman–Crippen LogP) is 5.04. The molecule has 7 nitrogen and oxygen atoms in total. The number of aryl methyl sites for hydroxylation is 1. The maximum Gasteiger partial charge on any atom is 0.258 e. The van der Waals surface area contributed by atoms with E-state index in [-0.39, 0.29) is 0 Å². The Morgan fingerprint density at radius 1 is 1.07 bits per heavy atom. The first-order valence-corrected chi connectivity index (χ1v) is 11.1. The number of rotatable bonds is 6. The summed E-state index contributed by atoms with van der Waals surface area (Å²) < 4.78 is 7.44. The van der Waals surface area contributed by atoms with Crippen LogP contribution in [0.15, 0.2) is 75.3 Å². The van der Waals surface area contributed by atoms with E-state index in [0.717, 1.165) is 33.4 Å². The van der Waals surface area contributed by atoms with Crippen LogP contribution >= 0.6 is 23.1 Å². The number of pyridine rings is 1. The quantitative estimate of drug-likeness (QED) is 0.348. The summed E-state index contributed by atoms with van der Waals surface area (Å²) in [4.78, 5) is 8.72.